The molecule has 0 spiro atoms. The van der Waals surface area contributed by atoms with Crippen LogP contribution in [0.4, 0.5) is 4.39 Å². The molecule has 0 saturated carbocycles. The summed E-state index contributed by atoms with van der Waals surface area (Å²) < 4.78 is 24.9. The van der Waals surface area contributed by atoms with Gasteiger partial charge in [-0.3, -0.25) is 9.59 Å². The molecule has 0 radical (unpaired) electrons. The van der Waals surface area contributed by atoms with Gasteiger partial charge in [-0.15, -0.1) is 11.3 Å². The number of nitrogens with zero attached hydrogens (tertiary/aromatic N) is 2. The molecule has 9 heteroatoms. The maximum atomic E-state index is 13.8. The van der Waals surface area contributed by atoms with E-state index in [-0.39, 0.29) is 36.6 Å². The summed E-state index contributed by atoms with van der Waals surface area (Å²) in [5, 5.41) is 2.65. The third-order valence-corrected chi connectivity index (χ3v) is 7.35. The van der Waals surface area contributed by atoms with Crippen LogP contribution in [0.3, 0.4) is 0 Å². The third-order valence-electron chi connectivity index (χ3n) is 6.10. The highest BCUT2D eigenvalue weighted by Crippen LogP contribution is 2.34. The predicted molar refractivity (Wildman–Crippen MR) is 138 cm³/mol. The molecule has 190 valence electrons. The lowest BCUT2D eigenvalue weighted by molar-refractivity contribution is -0.135. The molecule has 1 atom stereocenters. The second-order valence-corrected chi connectivity index (χ2v) is 9.94. The van der Waals surface area contributed by atoms with Crippen molar-refractivity contribution in [1.82, 2.24) is 9.80 Å². The fraction of sp³-hybridized carbons (Fsp3) is 0.333. The maximum absolute atomic E-state index is 13.8. The molecule has 4 rings (SSSR count). The number of carbonyl (C=O) groups is 2. The molecule has 0 fully saturated rings. The molecule has 2 aromatic carbocycles. The van der Waals surface area contributed by atoms with Crippen molar-refractivity contribution < 1.29 is 23.5 Å². The zero-order chi connectivity index (χ0) is 25.5. The maximum Gasteiger partial charge on any atom is 0.254 e. The quantitative estimate of drug-likeness (QED) is 0.337. The highest BCUT2D eigenvalue weighted by molar-refractivity contribution is 7.10. The molecule has 0 aliphatic carbocycles. The number of amides is 2. The fourth-order valence-corrected chi connectivity index (χ4v) is 5.35. The number of rotatable bonds is 10. The summed E-state index contributed by atoms with van der Waals surface area (Å²) in [5.41, 5.74) is 1.28. The molecule has 1 aliphatic heterocycles. The minimum atomic E-state index is -0.496. The lowest BCUT2D eigenvalue weighted by Gasteiger charge is -2.37. The van der Waals surface area contributed by atoms with Crippen LogP contribution in [0.25, 0.3) is 0 Å². The number of methoxy groups -OCH3 is 1. The summed E-state index contributed by atoms with van der Waals surface area (Å²) in [4.78, 5) is 31.3. The van der Waals surface area contributed by atoms with E-state index in [2.05, 4.69) is 0 Å². The monoisotopic (exact) mass is 530 g/mol. The van der Waals surface area contributed by atoms with Gasteiger partial charge in [-0.25, -0.2) is 4.39 Å². The number of halogens is 2. The molecule has 36 heavy (non-hydrogen) atoms. The van der Waals surface area contributed by atoms with Gasteiger partial charge in [0, 0.05) is 42.3 Å². The van der Waals surface area contributed by atoms with Crippen LogP contribution in [0.2, 0.25) is 5.02 Å². The minimum absolute atomic E-state index is 0.115. The van der Waals surface area contributed by atoms with Crippen molar-refractivity contribution in [3.05, 3.63) is 86.8 Å². The van der Waals surface area contributed by atoms with Crippen LogP contribution in [-0.2, 0) is 16.0 Å². The molecule has 0 N–H and O–H groups in total. The molecule has 0 saturated heterocycles. The number of benzene rings is 2. The fourth-order valence-electron chi connectivity index (χ4n) is 4.29. The Bertz CT molecular complexity index is 1190. The van der Waals surface area contributed by atoms with Crippen molar-refractivity contribution in [1.29, 1.82) is 0 Å². The normalized spacial score (nSPS) is 14.9. The Labute approximate surface area is 219 Å². The van der Waals surface area contributed by atoms with Crippen LogP contribution in [0.5, 0.6) is 5.75 Å². The van der Waals surface area contributed by atoms with E-state index in [4.69, 9.17) is 21.1 Å². The van der Waals surface area contributed by atoms with E-state index in [1.165, 1.54) is 28.0 Å². The van der Waals surface area contributed by atoms with Crippen molar-refractivity contribution in [2.45, 2.75) is 18.9 Å². The number of ether oxygens (including phenoxy) is 2. The van der Waals surface area contributed by atoms with Crippen LogP contribution >= 0.6 is 22.9 Å². The largest absolute Gasteiger partial charge is 0.491 e. The van der Waals surface area contributed by atoms with E-state index in [0.29, 0.717) is 36.9 Å². The molecule has 3 aromatic rings. The average Bonchev–Trinajstić information content (AvgIpc) is 3.36. The van der Waals surface area contributed by atoms with Crippen LogP contribution in [0, 0.1) is 5.82 Å². The third kappa shape index (κ3) is 6.43. The Morgan fingerprint density at radius 3 is 2.75 bits per heavy atom. The smallest absolute Gasteiger partial charge is 0.254 e. The number of carbonyl (C=O) groups excluding carboxylic acids is 2. The standard InChI is InChI=1S/C27H28ClFN2O4S/c1-34-14-3-12-30(27(33)19-4-2-5-21(29)16-19)17-26(32)31-13-10-25-23(11-15-36-25)24(31)18-35-22-8-6-20(28)7-9-22/h2,4-9,11,15-16,24H,3,10,12-14,17-18H2,1H3. The van der Waals surface area contributed by atoms with E-state index >= 15 is 0 Å². The Hall–Kier alpha value is -2.94. The Morgan fingerprint density at radius 1 is 1.19 bits per heavy atom. The van der Waals surface area contributed by atoms with Gasteiger partial charge < -0.3 is 19.3 Å². The van der Waals surface area contributed by atoms with Gasteiger partial charge in [-0.2, -0.15) is 0 Å². The van der Waals surface area contributed by atoms with E-state index in [1.54, 1.807) is 53.7 Å². The molecule has 2 heterocycles. The van der Waals surface area contributed by atoms with Gasteiger partial charge in [0.2, 0.25) is 5.91 Å². The van der Waals surface area contributed by atoms with Gasteiger partial charge in [0.1, 0.15) is 24.7 Å². The highest BCUT2D eigenvalue weighted by atomic mass is 35.5. The number of fused-ring (bicyclic) bond motifs is 1. The topological polar surface area (TPSA) is 59.1 Å². The van der Waals surface area contributed by atoms with Gasteiger partial charge in [0.25, 0.3) is 5.91 Å². The molecule has 1 aromatic heterocycles. The van der Waals surface area contributed by atoms with Gasteiger partial charge in [-0.1, -0.05) is 17.7 Å². The summed E-state index contributed by atoms with van der Waals surface area (Å²) in [6.45, 7) is 1.45. The predicted octanol–water partition coefficient (Wildman–Crippen LogP) is 5.22. The van der Waals surface area contributed by atoms with Crippen molar-refractivity contribution in [3.8, 4) is 5.75 Å². The Balaban J connectivity index is 1.52. The van der Waals surface area contributed by atoms with E-state index in [0.717, 1.165) is 12.0 Å². The SMILES string of the molecule is COCCCN(CC(=O)N1CCc2sccc2C1COc1ccc(Cl)cc1)C(=O)c1cccc(F)c1. The molecular formula is C27H28ClFN2O4S. The number of thiophene rings is 1. The van der Waals surface area contributed by atoms with Crippen molar-refractivity contribution >= 4 is 34.8 Å². The summed E-state index contributed by atoms with van der Waals surface area (Å²) in [6, 6.07) is 14.4. The molecule has 1 aliphatic rings. The first-order valence-electron chi connectivity index (χ1n) is 11.7. The number of hydrogen-bond donors (Lipinski definition) is 0. The second-order valence-electron chi connectivity index (χ2n) is 8.50. The average molecular weight is 531 g/mol. The molecule has 2 amide bonds. The van der Waals surface area contributed by atoms with Crippen LogP contribution in [-0.4, -0.2) is 61.6 Å². The van der Waals surface area contributed by atoms with E-state index in [1.807, 2.05) is 11.4 Å². The van der Waals surface area contributed by atoms with E-state index < -0.39 is 5.82 Å². The minimum Gasteiger partial charge on any atom is -0.491 e. The number of hydrogen-bond acceptors (Lipinski definition) is 5. The molecular weight excluding hydrogens is 503 g/mol. The van der Waals surface area contributed by atoms with Crippen molar-refractivity contribution in [3.63, 3.8) is 0 Å². The Morgan fingerprint density at radius 2 is 2.00 bits per heavy atom. The molecule has 0 bridgehead atoms. The van der Waals surface area contributed by atoms with Gasteiger partial charge in [-0.05, 0) is 72.3 Å². The summed E-state index contributed by atoms with van der Waals surface area (Å²) in [5.74, 6) is -0.402. The first-order valence-corrected chi connectivity index (χ1v) is 13.0. The van der Waals surface area contributed by atoms with Crippen molar-refractivity contribution in [2.24, 2.45) is 0 Å². The zero-order valence-corrected chi connectivity index (χ0v) is 21.6. The highest BCUT2D eigenvalue weighted by Gasteiger charge is 2.33. The van der Waals surface area contributed by atoms with Crippen LogP contribution in [0.1, 0.15) is 33.3 Å². The first-order chi connectivity index (χ1) is 17.5. The summed E-state index contributed by atoms with van der Waals surface area (Å²) in [7, 11) is 1.58. The zero-order valence-electron chi connectivity index (χ0n) is 20.0. The first kappa shape index (κ1) is 26.1. The van der Waals surface area contributed by atoms with Crippen LogP contribution in [0.15, 0.2) is 60.0 Å². The second kappa shape index (κ2) is 12.3. The summed E-state index contributed by atoms with van der Waals surface area (Å²) in [6.07, 6.45) is 1.31. The molecule has 6 nitrogen and oxygen atoms in total. The van der Waals surface area contributed by atoms with Gasteiger partial charge >= 0.3 is 0 Å². The van der Waals surface area contributed by atoms with Gasteiger partial charge in [0.15, 0.2) is 0 Å². The molecule has 1 unspecified atom stereocenters. The lowest BCUT2D eigenvalue weighted by Crippen LogP contribution is -2.48. The van der Waals surface area contributed by atoms with E-state index in [9.17, 15) is 14.0 Å². The lowest BCUT2D eigenvalue weighted by atomic mass is 10.0. The van der Waals surface area contributed by atoms with Crippen molar-refractivity contribution in [2.75, 3.05) is 40.0 Å². The van der Waals surface area contributed by atoms with Crippen LogP contribution < -0.4 is 4.74 Å². The van der Waals surface area contributed by atoms with Gasteiger partial charge in [0.05, 0.1) is 6.04 Å². The summed E-state index contributed by atoms with van der Waals surface area (Å²) >= 11 is 7.65. The Kier molecular flexibility index (Phi) is 8.96.